The van der Waals surface area contributed by atoms with E-state index in [1.165, 1.54) is 11.3 Å². The molecule has 0 saturated carbocycles. The Bertz CT molecular complexity index is 604. The fourth-order valence-corrected chi connectivity index (χ4v) is 3.36. The lowest BCUT2D eigenvalue weighted by Crippen LogP contribution is -2.13. The SMILES string of the molecule is CCc1cc(CC)n(CC(=O)c2cc(Cl)sc2Cl)n1. The molecule has 0 aliphatic rings. The molecule has 0 aliphatic heterocycles. The molecule has 0 aromatic carbocycles. The Balaban J connectivity index is 2.23. The molecule has 2 aromatic rings. The fourth-order valence-electron chi connectivity index (χ4n) is 1.86. The maximum absolute atomic E-state index is 12.2. The van der Waals surface area contributed by atoms with E-state index in [0.29, 0.717) is 14.2 Å². The first-order valence-electron chi connectivity index (χ1n) is 6.08. The third kappa shape index (κ3) is 3.19. The van der Waals surface area contributed by atoms with Crippen LogP contribution in [0.4, 0.5) is 0 Å². The second-order valence-corrected chi connectivity index (χ2v) is 6.44. The predicted octanol–water partition coefficient (Wildman–Crippen LogP) is 4.26. The van der Waals surface area contributed by atoms with Crippen molar-refractivity contribution in [3.63, 3.8) is 0 Å². The van der Waals surface area contributed by atoms with Crippen molar-refractivity contribution >= 4 is 40.3 Å². The van der Waals surface area contributed by atoms with Gasteiger partial charge in [0.2, 0.25) is 0 Å². The molecule has 0 bridgehead atoms. The van der Waals surface area contributed by atoms with Crippen molar-refractivity contribution in [2.75, 3.05) is 0 Å². The van der Waals surface area contributed by atoms with E-state index in [4.69, 9.17) is 23.2 Å². The van der Waals surface area contributed by atoms with Gasteiger partial charge in [-0.3, -0.25) is 9.48 Å². The summed E-state index contributed by atoms with van der Waals surface area (Å²) in [4.78, 5) is 12.2. The van der Waals surface area contributed by atoms with Crippen molar-refractivity contribution in [3.05, 3.63) is 37.8 Å². The van der Waals surface area contributed by atoms with Gasteiger partial charge in [0, 0.05) is 5.69 Å². The Kier molecular flexibility index (Phi) is 4.66. The molecular weight excluding hydrogens is 303 g/mol. The molecule has 2 aromatic heterocycles. The van der Waals surface area contributed by atoms with E-state index < -0.39 is 0 Å². The summed E-state index contributed by atoms with van der Waals surface area (Å²) in [5.41, 5.74) is 2.54. The molecule has 0 N–H and O–H groups in total. The molecule has 0 spiro atoms. The molecule has 102 valence electrons. The zero-order valence-electron chi connectivity index (χ0n) is 10.7. The number of aryl methyl sites for hydroxylation is 2. The number of aromatic nitrogens is 2. The molecule has 0 saturated heterocycles. The van der Waals surface area contributed by atoms with Gasteiger partial charge in [-0.15, -0.1) is 11.3 Å². The van der Waals surface area contributed by atoms with Gasteiger partial charge < -0.3 is 0 Å². The van der Waals surface area contributed by atoms with E-state index in [1.807, 2.05) is 19.9 Å². The van der Waals surface area contributed by atoms with E-state index in [2.05, 4.69) is 5.10 Å². The number of carbonyl (C=O) groups is 1. The number of thiophene rings is 1. The predicted molar refractivity (Wildman–Crippen MR) is 79.7 cm³/mol. The number of Topliss-reactive ketones (excluding diaryl/α,β-unsaturated/α-hetero) is 1. The van der Waals surface area contributed by atoms with Crippen LogP contribution in [0.3, 0.4) is 0 Å². The standard InChI is InChI=1S/C13H14Cl2N2OS/c1-3-8-5-9(4-2)17(16-8)7-11(18)10-6-12(14)19-13(10)15/h5-6H,3-4,7H2,1-2H3. The normalized spacial score (nSPS) is 10.9. The van der Waals surface area contributed by atoms with E-state index in [1.54, 1.807) is 10.7 Å². The minimum absolute atomic E-state index is 0.0615. The van der Waals surface area contributed by atoms with E-state index in [-0.39, 0.29) is 12.3 Å². The number of ketones is 1. The molecule has 6 heteroatoms. The highest BCUT2D eigenvalue weighted by Crippen LogP contribution is 2.31. The summed E-state index contributed by atoms with van der Waals surface area (Å²) >= 11 is 13.1. The number of rotatable bonds is 5. The molecule has 0 aliphatic carbocycles. The Hall–Kier alpha value is -0.840. The van der Waals surface area contributed by atoms with Gasteiger partial charge in [-0.25, -0.2) is 0 Å². The molecule has 0 unspecified atom stereocenters. The van der Waals surface area contributed by atoms with Crippen molar-refractivity contribution in [1.29, 1.82) is 0 Å². The van der Waals surface area contributed by atoms with Crippen LogP contribution in [0.25, 0.3) is 0 Å². The number of hydrogen-bond donors (Lipinski definition) is 0. The van der Waals surface area contributed by atoms with Crippen molar-refractivity contribution < 1.29 is 4.79 Å². The summed E-state index contributed by atoms with van der Waals surface area (Å²) in [7, 11) is 0. The van der Waals surface area contributed by atoms with Crippen LogP contribution in [-0.2, 0) is 19.4 Å². The lowest BCUT2D eigenvalue weighted by molar-refractivity contribution is 0.0967. The van der Waals surface area contributed by atoms with Crippen LogP contribution in [0.5, 0.6) is 0 Å². The van der Waals surface area contributed by atoms with Crippen molar-refractivity contribution in [2.24, 2.45) is 0 Å². The summed E-state index contributed by atoms with van der Waals surface area (Å²) in [6.45, 7) is 4.30. The first-order chi connectivity index (χ1) is 9.05. The average Bonchev–Trinajstić information content (AvgIpc) is 2.92. The summed E-state index contributed by atoms with van der Waals surface area (Å²) in [5, 5.41) is 4.42. The van der Waals surface area contributed by atoms with Gasteiger partial charge >= 0.3 is 0 Å². The highest BCUT2D eigenvalue weighted by molar-refractivity contribution is 7.20. The van der Waals surface area contributed by atoms with Gasteiger partial charge in [0.15, 0.2) is 5.78 Å². The lowest BCUT2D eigenvalue weighted by Gasteiger charge is -2.04. The fraction of sp³-hybridized carbons (Fsp3) is 0.385. The zero-order valence-corrected chi connectivity index (χ0v) is 13.1. The number of carbonyl (C=O) groups excluding carboxylic acids is 1. The average molecular weight is 317 g/mol. The monoisotopic (exact) mass is 316 g/mol. The molecular formula is C13H14Cl2N2OS. The Labute approximate surface area is 126 Å². The Morgan fingerprint density at radius 2 is 2.05 bits per heavy atom. The first kappa shape index (κ1) is 14.6. The molecule has 2 heterocycles. The number of halogens is 2. The van der Waals surface area contributed by atoms with Crippen molar-refractivity contribution in [3.8, 4) is 0 Å². The topological polar surface area (TPSA) is 34.9 Å². The highest BCUT2D eigenvalue weighted by atomic mass is 35.5. The number of hydrogen-bond acceptors (Lipinski definition) is 3. The van der Waals surface area contributed by atoms with Crippen molar-refractivity contribution in [1.82, 2.24) is 9.78 Å². The maximum Gasteiger partial charge on any atom is 0.186 e. The number of nitrogens with zero attached hydrogens (tertiary/aromatic N) is 2. The van der Waals surface area contributed by atoms with Crippen LogP contribution in [0.1, 0.15) is 35.6 Å². The smallest absolute Gasteiger partial charge is 0.186 e. The second-order valence-electron chi connectivity index (χ2n) is 4.15. The van der Waals surface area contributed by atoms with Crippen LogP contribution < -0.4 is 0 Å². The van der Waals surface area contributed by atoms with Gasteiger partial charge in [0.05, 0.1) is 15.6 Å². The van der Waals surface area contributed by atoms with Gasteiger partial charge in [-0.05, 0) is 25.0 Å². The van der Waals surface area contributed by atoms with Gasteiger partial charge in [0.25, 0.3) is 0 Å². The second kappa shape index (κ2) is 6.07. The van der Waals surface area contributed by atoms with Crippen LogP contribution in [0, 0.1) is 0 Å². The van der Waals surface area contributed by atoms with Crippen molar-refractivity contribution in [2.45, 2.75) is 33.2 Å². The minimum atomic E-state index is -0.0615. The van der Waals surface area contributed by atoms with Crippen LogP contribution in [-0.4, -0.2) is 15.6 Å². The van der Waals surface area contributed by atoms with E-state index in [0.717, 1.165) is 24.2 Å². The summed E-state index contributed by atoms with van der Waals surface area (Å²) in [6.07, 6.45) is 1.71. The molecule has 0 atom stereocenters. The van der Waals surface area contributed by atoms with Gasteiger partial charge in [-0.1, -0.05) is 37.0 Å². The molecule has 0 amide bonds. The molecule has 0 fully saturated rings. The minimum Gasteiger partial charge on any atom is -0.292 e. The Morgan fingerprint density at radius 1 is 1.32 bits per heavy atom. The van der Waals surface area contributed by atoms with E-state index >= 15 is 0 Å². The van der Waals surface area contributed by atoms with E-state index in [9.17, 15) is 4.79 Å². The highest BCUT2D eigenvalue weighted by Gasteiger charge is 2.16. The first-order valence-corrected chi connectivity index (χ1v) is 7.66. The van der Waals surface area contributed by atoms with Gasteiger partial charge in [-0.2, -0.15) is 5.10 Å². The summed E-state index contributed by atoms with van der Waals surface area (Å²) in [5.74, 6) is -0.0615. The van der Waals surface area contributed by atoms with Gasteiger partial charge in [0.1, 0.15) is 10.9 Å². The third-order valence-electron chi connectivity index (χ3n) is 2.89. The maximum atomic E-state index is 12.2. The quantitative estimate of drug-likeness (QED) is 0.772. The Morgan fingerprint density at radius 3 is 2.58 bits per heavy atom. The lowest BCUT2D eigenvalue weighted by atomic mass is 10.2. The summed E-state index contributed by atoms with van der Waals surface area (Å²) in [6, 6.07) is 3.65. The largest absolute Gasteiger partial charge is 0.292 e. The zero-order chi connectivity index (χ0) is 14.0. The summed E-state index contributed by atoms with van der Waals surface area (Å²) < 4.78 is 2.72. The molecule has 2 rings (SSSR count). The van der Waals surface area contributed by atoms with Crippen LogP contribution >= 0.6 is 34.5 Å². The molecule has 0 radical (unpaired) electrons. The molecule has 3 nitrogen and oxygen atoms in total. The van der Waals surface area contributed by atoms with Crippen LogP contribution in [0.15, 0.2) is 12.1 Å². The molecule has 19 heavy (non-hydrogen) atoms. The van der Waals surface area contributed by atoms with Crippen LogP contribution in [0.2, 0.25) is 8.67 Å². The third-order valence-corrected chi connectivity index (χ3v) is 4.38.